The highest BCUT2D eigenvalue weighted by Gasteiger charge is 2.47. The summed E-state index contributed by atoms with van der Waals surface area (Å²) < 4.78 is 5.33. The van der Waals surface area contributed by atoms with Crippen molar-refractivity contribution in [3.8, 4) is 0 Å². The van der Waals surface area contributed by atoms with Gasteiger partial charge < -0.3 is 20.5 Å². The Bertz CT molecular complexity index is 403. The average Bonchev–Trinajstić information content (AvgIpc) is 2.36. The largest absolute Gasteiger partial charge is 0.444 e. The molecule has 0 aromatic rings. The zero-order chi connectivity index (χ0) is 16.5. The molecule has 4 atom stereocenters. The molecule has 4 unspecified atom stereocenters. The van der Waals surface area contributed by atoms with E-state index in [1.54, 1.807) is 0 Å². The van der Waals surface area contributed by atoms with Crippen molar-refractivity contribution in [3.05, 3.63) is 0 Å². The number of carbonyl (C=O) groups is 1. The fourth-order valence-electron chi connectivity index (χ4n) is 3.42. The van der Waals surface area contributed by atoms with Crippen LogP contribution in [0.15, 0.2) is 0 Å². The molecule has 2 rings (SSSR count). The number of carbonyl (C=O) groups excluding carboxylic acids is 1. The lowest BCUT2D eigenvalue weighted by Gasteiger charge is -2.51. The molecule has 2 aliphatic rings. The van der Waals surface area contributed by atoms with Gasteiger partial charge in [0.1, 0.15) is 5.60 Å². The van der Waals surface area contributed by atoms with Gasteiger partial charge in [0, 0.05) is 23.5 Å². The third-order valence-electron chi connectivity index (χ3n) is 5.05. The molecular weight excluding hydrogens is 280 g/mol. The van der Waals surface area contributed by atoms with Crippen LogP contribution in [0.2, 0.25) is 0 Å². The van der Waals surface area contributed by atoms with Crippen LogP contribution in [-0.4, -0.2) is 41.0 Å². The van der Waals surface area contributed by atoms with E-state index in [0.717, 1.165) is 32.1 Å². The molecule has 5 nitrogen and oxygen atoms in total. The maximum Gasteiger partial charge on any atom is 0.407 e. The van der Waals surface area contributed by atoms with Gasteiger partial charge in [0.05, 0.1) is 6.10 Å². The molecule has 0 radical (unpaired) electrons. The van der Waals surface area contributed by atoms with Crippen LogP contribution in [-0.2, 0) is 4.74 Å². The first-order chi connectivity index (χ1) is 10.1. The number of rotatable bonds is 3. The minimum absolute atomic E-state index is 0.0501. The highest BCUT2D eigenvalue weighted by atomic mass is 16.6. The first-order valence-electron chi connectivity index (χ1n) is 8.51. The van der Waals surface area contributed by atoms with Crippen molar-refractivity contribution in [2.24, 2.45) is 5.41 Å². The van der Waals surface area contributed by atoms with E-state index in [0.29, 0.717) is 12.1 Å². The van der Waals surface area contributed by atoms with Crippen LogP contribution in [0.25, 0.3) is 0 Å². The molecule has 2 saturated carbocycles. The van der Waals surface area contributed by atoms with E-state index in [1.807, 2.05) is 20.8 Å². The van der Waals surface area contributed by atoms with Crippen LogP contribution in [0, 0.1) is 5.41 Å². The Labute approximate surface area is 134 Å². The average molecular weight is 312 g/mol. The van der Waals surface area contributed by atoms with Crippen molar-refractivity contribution in [2.75, 3.05) is 0 Å². The predicted molar refractivity (Wildman–Crippen MR) is 86.7 cm³/mol. The summed E-state index contributed by atoms with van der Waals surface area (Å²) >= 11 is 0. The normalized spacial score (nSPS) is 34.6. The van der Waals surface area contributed by atoms with E-state index < -0.39 is 5.60 Å². The molecule has 0 heterocycles. The van der Waals surface area contributed by atoms with Crippen LogP contribution < -0.4 is 10.6 Å². The van der Waals surface area contributed by atoms with Gasteiger partial charge >= 0.3 is 6.09 Å². The molecule has 2 fully saturated rings. The zero-order valence-electron chi connectivity index (χ0n) is 14.6. The maximum atomic E-state index is 11.9. The second-order valence-corrected chi connectivity index (χ2v) is 8.50. The van der Waals surface area contributed by atoms with Crippen molar-refractivity contribution in [2.45, 2.75) is 96.6 Å². The van der Waals surface area contributed by atoms with Crippen molar-refractivity contribution < 1.29 is 14.6 Å². The lowest BCUT2D eigenvalue weighted by atomic mass is 9.64. The molecule has 0 bridgehead atoms. The van der Waals surface area contributed by atoms with Crippen LogP contribution >= 0.6 is 0 Å². The fraction of sp³-hybridized carbons (Fsp3) is 0.941. The first-order valence-corrected chi connectivity index (χ1v) is 8.51. The lowest BCUT2D eigenvalue weighted by molar-refractivity contribution is -0.0773. The van der Waals surface area contributed by atoms with Gasteiger partial charge in [-0.15, -0.1) is 0 Å². The Morgan fingerprint density at radius 1 is 1.18 bits per heavy atom. The Morgan fingerprint density at radius 3 is 2.36 bits per heavy atom. The summed E-state index contributed by atoms with van der Waals surface area (Å²) in [7, 11) is 0. The summed E-state index contributed by atoms with van der Waals surface area (Å²) in [5.74, 6) is 0. The number of alkyl carbamates (subject to hydrolysis) is 1. The van der Waals surface area contributed by atoms with Crippen LogP contribution in [0.3, 0.4) is 0 Å². The highest BCUT2D eigenvalue weighted by Crippen LogP contribution is 2.41. The van der Waals surface area contributed by atoms with Gasteiger partial charge in [0.25, 0.3) is 0 Å². The number of aliphatic hydroxyl groups is 1. The Hall–Kier alpha value is -0.810. The van der Waals surface area contributed by atoms with Gasteiger partial charge in [-0.25, -0.2) is 4.79 Å². The number of nitrogens with one attached hydrogen (secondary N) is 2. The summed E-state index contributed by atoms with van der Waals surface area (Å²) in [6, 6.07) is 0.951. The topological polar surface area (TPSA) is 70.6 Å². The van der Waals surface area contributed by atoms with Gasteiger partial charge in [-0.2, -0.15) is 0 Å². The van der Waals surface area contributed by atoms with Crippen LogP contribution in [0.1, 0.15) is 66.7 Å². The molecule has 2 aliphatic carbocycles. The standard InChI is InChI=1S/C17H32N2O3/c1-16(2,3)22-15(21)19-12-8-6-7-11(9-12)18-13-10-14(20)17(13,4)5/h11-14,18,20H,6-10H2,1-5H3,(H,19,21). The second kappa shape index (κ2) is 6.36. The summed E-state index contributed by atoms with van der Waals surface area (Å²) in [5, 5.41) is 16.5. The molecule has 0 spiro atoms. The lowest BCUT2D eigenvalue weighted by Crippen LogP contribution is -2.62. The molecule has 0 saturated heterocycles. The van der Waals surface area contributed by atoms with Crippen LogP contribution in [0.5, 0.6) is 0 Å². The van der Waals surface area contributed by atoms with Gasteiger partial charge in [0.15, 0.2) is 0 Å². The number of amides is 1. The second-order valence-electron chi connectivity index (χ2n) is 8.50. The molecule has 1 amide bonds. The molecular formula is C17H32N2O3. The van der Waals surface area contributed by atoms with E-state index in [1.165, 1.54) is 0 Å². The fourth-order valence-corrected chi connectivity index (χ4v) is 3.42. The van der Waals surface area contributed by atoms with Gasteiger partial charge in [-0.05, 0) is 52.9 Å². The SMILES string of the molecule is CC(C)(C)OC(=O)NC1CCCC(NC2CC(O)C2(C)C)C1. The molecule has 22 heavy (non-hydrogen) atoms. The van der Waals surface area contributed by atoms with Gasteiger partial charge in [-0.1, -0.05) is 13.8 Å². The molecule has 0 aromatic heterocycles. The number of hydrogen-bond donors (Lipinski definition) is 3. The molecule has 128 valence electrons. The molecule has 5 heteroatoms. The molecule has 0 aliphatic heterocycles. The summed E-state index contributed by atoms with van der Waals surface area (Å²) in [6.45, 7) is 9.85. The molecule has 0 aromatic carbocycles. The van der Waals surface area contributed by atoms with Crippen molar-refractivity contribution in [1.82, 2.24) is 10.6 Å². The smallest absolute Gasteiger partial charge is 0.407 e. The quantitative estimate of drug-likeness (QED) is 0.749. The number of aliphatic hydroxyl groups excluding tert-OH is 1. The summed E-state index contributed by atoms with van der Waals surface area (Å²) in [5.41, 5.74) is -0.506. The minimum Gasteiger partial charge on any atom is -0.444 e. The van der Waals surface area contributed by atoms with Gasteiger partial charge in [-0.3, -0.25) is 0 Å². The van der Waals surface area contributed by atoms with Crippen molar-refractivity contribution in [1.29, 1.82) is 0 Å². The Kier molecular flexibility index (Phi) is 5.07. The van der Waals surface area contributed by atoms with Gasteiger partial charge in [0.2, 0.25) is 0 Å². The summed E-state index contributed by atoms with van der Waals surface area (Å²) in [4.78, 5) is 11.9. The van der Waals surface area contributed by atoms with Crippen molar-refractivity contribution >= 4 is 6.09 Å². The predicted octanol–water partition coefficient (Wildman–Crippen LogP) is 2.57. The Morgan fingerprint density at radius 2 is 1.82 bits per heavy atom. The van der Waals surface area contributed by atoms with E-state index in [4.69, 9.17) is 4.74 Å². The minimum atomic E-state index is -0.456. The first kappa shape index (κ1) is 17.5. The van der Waals surface area contributed by atoms with E-state index >= 15 is 0 Å². The highest BCUT2D eigenvalue weighted by molar-refractivity contribution is 5.68. The molecule has 3 N–H and O–H groups in total. The third-order valence-corrected chi connectivity index (χ3v) is 5.05. The summed E-state index contributed by atoms with van der Waals surface area (Å²) in [6.07, 6.45) is 4.48. The Balaban J connectivity index is 1.79. The third kappa shape index (κ3) is 4.35. The number of hydrogen-bond acceptors (Lipinski definition) is 4. The zero-order valence-corrected chi connectivity index (χ0v) is 14.6. The monoisotopic (exact) mass is 312 g/mol. The number of ether oxygens (including phenoxy) is 1. The van der Waals surface area contributed by atoms with Crippen molar-refractivity contribution in [3.63, 3.8) is 0 Å². The van der Waals surface area contributed by atoms with Crippen LogP contribution in [0.4, 0.5) is 4.79 Å². The van der Waals surface area contributed by atoms with E-state index in [9.17, 15) is 9.90 Å². The maximum absolute atomic E-state index is 11.9. The van der Waals surface area contributed by atoms with E-state index in [2.05, 4.69) is 24.5 Å². The van der Waals surface area contributed by atoms with E-state index in [-0.39, 0.29) is 23.7 Å².